The fraction of sp³-hybridized carbons (Fsp3) is 0.143. The molecule has 0 spiro atoms. The Balaban J connectivity index is 1.51. The number of fused-ring (bicyclic) bond motifs is 2. The Morgan fingerprint density at radius 3 is 2.83 bits per heavy atom. The molecule has 29 heavy (non-hydrogen) atoms. The number of carbonyl (C=O) groups is 1. The first-order valence-electron chi connectivity index (χ1n) is 9.11. The van der Waals surface area contributed by atoms with Gasteiger partial charge in [-0.15, -0.1) is 0 Å². The van der Waals surface area contributed by atoms with E-state index in [0.717, 1.165) is 0 Å². The normalized spacial score (nSPS) is 13.5. The zero-order valence-corrected chi connectivity index (χ0v) is 15.2. The van der Waals surface area contributed by atoms with Crippen LogP contribution in [-0.2, 0) is 13.0 Å². The van der Waals surface area contributed by atoms with Gasteiger partial charge in [0.1, 0.15) is 28.5 Å². The number of benzene rings is 1. The van der Waals surface area contributed by atoms with Crippen molar-refractivity contribution in [3.8, 4) is 11.3 Å². The molecule has 1 aromatic carbocycles. The Morgan fingerprint density at radius 1 is 1.14 bits per heavy atom. The number of halogens is 1. The molecule has 4 aromatic rings. The quantitative estimate of drug-likeness (QED) is 0.526. The van der Waals surface area contributed by atoms with Gasteiger partial charge in [-0.25, -0.2) is 9.37 Å². The van der Waals surface area contributed by atoms with Crippen molar-refractivity contribution in [1.29, 1.82) is 0 Å². The molecule has 1 amide bonds. The van der Waals surface area contributed by atoms with Crippen LogP contribution in [0.1, 0.15) is 21.7 Å². The molecule has 3 aromatic heterocycles. The summed E-state index contributed by atoms with van der Waals surface area (Å²) < 4.78 is 20.9. The van der Waals surface area contributed by atoms with Gasteiger partial charge in [0.25, 0.3) is 11.5 Å². The Morgan fingerprint density at radius 2 is 1.97 bits per heavy atom. The number of hydrogen-bond donors (Lipinski definition) is 0. The minimum Gasteiger partial charge on any atom is -0.360 e. The maximum atomic E-state index is 14.2. The predicted octanol–water partition coefficient (Wildman–Crippen LogP) is 2.69. The third-order valence-corrected chi connectivity index (χ3v) is 5.09. The largest absolute Gasteiger partial charge is 0.360 e. The van der Waals surface area contributed by atoms with Gasteiger partial charge in [-0.2, -0.15) is 0 Å². The summed E-state index contributed by atoms with van der Waals surface area (Å²) in [5, 5.41) is 4.02. The molecule has 0 atom stereocenters. The second-order valence-electron chi connectivity index (χ2n) is 6.80. The van der Waals surface area contributed by atoms with Gasteiger partial charge in [0.2, 0.25) is 0 Å². The first-order valence-corrected chi connectivity index (χ1v) is 9.11. The van der Waals surface area contributed by atoms with Crippen LogP contribution in [-0.4, -0.2) is 31.9 Å². The van der Waals surface area contributed by atoms with Crippen LogP contribution in [0.2, 0.25) is 0 Å². The number of nitrogens with zero attached hydrogens (tertiary/aromatic N) is 4. The Labute approximate surface area is 164 Å². The van der Waals surface area contributed by atoms with E-state index in [9.17, 15) is 14.0 Å². The minimum absolute atomic E-state index is 0.0129. The van der Waals surface area contributed by atoms with Gasteiger partial charge < -0.3 is 9.42 Å². The second kappa shape index (κ2) is 6.66. The summed E-state index contributed by atoms with van der Waals surface area (Å²) in [5.41, 5.74) is 1.38. The van der Waals surface area contributed by atoms with E-state index in [4.69, 9.17) is 4.52 Å². The summed E-state index contributed by atoms with van der Waals surface area (Å²) in [5.74, 6) is -0.211. The van der Waals surface area contributed by atoms with E-state index in [-0.39, 0.29) is 12.1 Å². The Kier molecular flexibility index (Phi) is 3.97. The highest BCUT2D eigenvalue weighted by Gasteiger charge is 2.30. The van der Waals surface area contributed by atoms with Crippen molar-refractivity contribution in [3.63, 3.8) is 0 Å². The average molecular weight is 390 g/mol. The molecule has 1 aliphatic heterocycles. The van der Waals surface area contributed by atoms with Gasteiger partial charge in [0.15, 0.2) is 0 Å². The highest BCUT2D eigenvalue weighted by molar-refractivity contribution is 5.94. The first kappa shape index (κ1) is 17.3. The second-order valence-corrected chi connectivity index (χ2v) is 6.80. The SMILES string of the molecule is O=C(c1cnc2ccccn2c1=O)N1CCc2onc(-c3ccccc3F)c2C1. The van der Waals surface area contributed by atoms with Gasteiger partial charge in [-0.3, -0.25) is 14.0 Å². The van der Waals surface area contributed by atoms with Crippen molar-refractivity contribution in [2.24, 2.45) is 0 Å². The topological polar surface area (TPSA) is 80.7 Å². The lowest BCUT2D eigenvalue weighted by Crippen LogP contribution is -2.39. The highest BCUT2D eigenvalue weighted by atomic mass is 19.1. The van der Waals surface area contributed by atoms with Crippen molar-refractivity contribution in [2.75, 3.05) is 6.54 Å². The van der Waals surface area contributed by atoms with Crippen LogP contribution in [0, 0.1) is 5.82 Å². The van der Waals surface area contributed by atoms with E-state index in [1.165, 1.54) is 21.6 Å². The third kappa shape index (κ3) is 2.80. The summed E-state index contributed by atoms with van der Waals surface area (Å²) in [7, 11) is 0. The molecule has 0 N–H and O–H groups in total. The Hall–Kier alpha value is -3.81. The number of amides is 1. The molecule has 144 valence electrons. The van der Waals surface area contributed by atoms with Gasteiger partial charge in [-0.1, -0.05) is 23.4 Å². The van der Waals surface area contributed by atoms with Gasteiger partial charge >= 0.3 is 0 Å². The van der Waals surface area contributed by atoms with Crippen molar-refractivity contribution in [1.82, 2.24) is 19.4 Å². The average Bonchev–Trinajstić information content (AvgIpc) is 3.17. The zero-order valence-electron chi connectivity index (χ0n) is 15.2. The summed E-state index contributed by atoms with van der Waals surface area (Å²) >= 11 is 0. The molecule has 8 heteroatoms. The molecule has 0 saturated heterocycles. The van der Waals surface area contributed by atoms with Crippen LogP contribution in [0.25, 0.3) is 16.9 Å². The third-order valence-electron chi connectivity index (χ3n) is 5.09. The van der Waals surface area contributed by atoms with Crippen LogP contribution in [0.5, 0.6) is 0 Å². The van der Waals surface area contributed by atoms with Crippen molar-refractivity contribution < 1.29 is 13.7 Å². The summed E-state index contributed by atoms with van der Waals surface area (Å²) in [6.45, 7) is 0.549. The molecule has 0 fully saturated rings. The fourth-order valence-corrected chi connectivity index (χ4v) is 3.59. The molecular formula is C21H15FN4O3. The van der Waals surface area contributed by atoms with Crippen LogP contribution < -0.4 is 5.56 Å². The molecule has 5 rings (SSSR count). The molecule has 1 aliphatic rings. The van der Waals surface area contributed by atoms with Crippen LogP contribution in [0.15, 0.2) is 64.2 Å². The maximum Gasteiger partial charge on any atom is 0.270 e. The minimum atomic E-state index is -0.425. The van der Waals surface area contributed by atoms with Crippen molar-refractivity contribution in [2.45, 2.75) is 13.0 Å². The van der Waals surface area contributed by atoms with E-state index in [1.54, 1.807) is 42.6 Å². The standard InChI is InChI=1S/C21H15FN4O3/c22-16-6-2-1-5-13(16)19-15-12-25(10-8-17(15)29-24-19)20(27)14-11-23-18-7-3-4-9-26(18)21(14)28/h1-7,9,11H,8,10,12H2. The lowest BCUT2D eigenvalue weighted by Gasteiger charge is -2.26. The van der Waals surface area contributed by atoms with E-state index in [0.29, 0.717) is 41.2 Å². The highest BCUT2D eigenvalue weighted by Crippen LogP contribution is 2.31. The molecule has 4 heterocycles. The summed E-state index contributed by atoms with van der Waals surface area (Å²) in [6.07, 6.45) is 3.32. The van der Waals surface area contributed by atoms with Crippen LogP contribution >= 0.6 is 0 Å². The van der Waals surface area contributed by atoms with Gasteiger partial charge in [0, 0.05) is 36.5 Å². The molecule has 0 aliphatic carbocycles. The lowest BCUT2D eigenvalue weighted by atomic mass is 10.0. The van der Waals surface area contributed by atoms with E-state index >= 15 is 0 Å². The molecule has 0 unspecified atom stereocenters. The number of rotatable bonds is 2. The monoisotopic (exact) mass is 390 g/mol. The molecule has 7 nitrogen and oxygen atoms in total. The molecular weight excluding hydrogens is 375 g/mol. The number of carbonyl (C=O) groups excluding carboxylic acids is 1. The van der Waals surface area contributed by atoms with Gasteiger partial charge in [0.05, 0.1) is 6.54 Å². The van der Waals surface area contributed by atoms with E-state index in [2.05, 4.69) is 10.1 Å². The van der Waals surface area contributed by atoms with Crippen molar-refractivity contribution >= 4 is 11.6 Å². The lowest BCUT2D eigenvalue weighted by molar-refractivity contribution is 0.0726. The zero-order chi connectivity index (χ0) is 20.0. The number of aromatic nitrogens is 3. The number of pyridine rings is 1. The maximum absolute atomic E-state index is 14.2. The van der Waals surface area contributed by atoms with E-state index < -0.39 is 17.3 Å². The van der Waals surface area contributed by atoms with Gasteiger partial charge in [-0.05, 0) is 24.3 Å². The first-order chi connectivity index (χ1) is 14.1. The molecule has 0 saturated carbocycles. The Bertz CT molecular complexity index is 1310. The van der Waals surface area contributed by atoms with E-state index in [1.807, 2.05) is 0 Å². The van der Waals surface area contributed by atoms with Crippen LogP contribution in [0.4, 0.5) is 4.39 Å². The van der Waals surface area contributed by atoms with Crippen molar-refractivity contribution in [3.05, 3.63) is 87.9 Å². The molecule has 0 radical (unpaired) electrons. The summed E-state index contributed by atoms with van der Waals surface area (Å²) in [6, 6.07) is 11.5. The molecule has 0 bridgehead atoms. The fourth-order valence-electron chi connectivity index (χ4n) is 3.59. The number of hydrogen-bond acceptors (Lipinski definition) is 5. The summed E-state index contributed by atoms with van der Waals surface area (Å²) in [4.78, 5) is 31.5. The van der Waals surface area contributed by atoms with Crippen LogP contribution in [0.3, 0.4) is 0 Å². The predicted molar refractivity (Wildman–Crippen MR) is 102 cm³/mol. The smallest absolute Gasteiger partial charge is 0.270 e.